The van der Waals surface area contributed by atoms with Gasteiger partial charge in [0.25, 0.3) is 0 Å². The van der Waals surface area contributed by atoms with Gasteiger partial charge in [-0.1, -0.05) is 18.9 Å². The molecule has 2 heteroatoms. The Morgan fingerprint density at radius 2 is 2.23 bits per heavy atom. The summed E-state index contributed by atoms with van der Waals surface area (Å²) in [6.45, 7) is 5.12. The Kier molecular flexibility index (Phi) is 6.91. The standard InChI is InChI=1S/C11H17NO/c1-3-4-5-6-7-8-11(9-12)10(2)13/h3,11H,1,4-8H2,2H3. The first-order chi connectivity index (χ1) is 6.22. The van der Waals surface area contributed by atoms with E-state index in [4.69, 9.17) is 5.26 Å². The number of ketones is 1. The molecule has 0 rings (SSSR count). The van der Waals surface area contributed by atoms with Crippen LogP contribution in [-0.2, 0) is 4.79 Å². The number of carbonyl (C=O) groups is 1. The van der Waals surface area contributed by atoms with E-state index in [1.165, 1.54) is 6.92 Å². The molecular weight excluding hydrogens is 162 g/mol. The molecule has 0 saturated heterocycles. The molecule has 1 atom stereocenters. The van der Waals surface area contributed by atoms with Gasteiger partial charge in [-0.05, 0) is 26.2 Å². The molecule has 0 aromatic carbocycles. The Hall–Kier alpha value is -1.10. The van der Waals surface area contributed by atoms with Crippen LogP contribution in [0.5, 0.6) is 0 Å². The zero-order valence-corrected chi connectivity index (χ0v) is 8.25. The summed E-state index contributed by atoms with van der Waals surface area (Å²) < 4.78 is 0. The van der Waals surface area contributed by atoms with Crippen molar-refractivity contribution in [2.75, 3.05) is 0 Å². The van der Waals surface area contributed by atoms with Gasteiger partial charge in [-0.2, -0.15) is 5.26 Å². The number of hydrogen-bond donors (Lipinski definition) is 0. The molecule has 0 aliphatic carbocycles. The van der Waals surface area contributed by atoms with Crippen LogP contribution in [0.15, 0.2) is 12.7 Å². The third kappa shape index (κ3) is 6.10. The molecule has 13 heavy (non-hydrogen) atoms. The van der Waals surface area contributed by atoms with Gasteiger partial charge in [-0.3, -0.25) is 4.79 Å². The maximum absolute atomic E-state index is 10.9. The second-order valence-electron chi connectivity index (χ2n) is 3.22. The molecule has 0 heterocycles. The molecule has 72 valence electrons. The lowest BCUT2D eigenvalue weighted by molar-refractivity contribution is -0.119. The summed E-state index contributed by atoms with van der Waals surface area (Å²) in [6.07, 6.45) is 6.79. The molecule has 0 N–H and O–H groups in total. The molecular formula is C11H17NO. The van der Waals surface area contributed by atoms with Gasteiger partial charge < -0.3 is 0 Å². The first-order valence-electron chi connectivity index (χ1n) is 4.73. The van der Waals surface area contributed by atoms with Gasteiger partial charge in [-0.15, -0.1) is 6.58 Å². The van der Waals surface area contributed by atoms with Crippen molar-refractivity contribution in [1.82, 2.24) is 0 Å². The van der Waals surface area contributed by atoms with Crippen LogP contribution in [0, 0.1) is 17.2 Å². The molecule has 0 fully saturated rings. The SMILES string of the molecule is C=CCCCCCC(C#N)C(C)=O. The highest BCUT2D eigenvalue weighted by molar-refractivity contribution is 5.80. The van der Waals surface area contributed by atoms with Gasteiger partial charge in [0.1, 0.15) is 11.7 Å². The minimum Gasteiger partial charge on any atom is -0.299 e. The predicted molar refractivity (Wildman–Crippen MR) is 53.1 cm³/mol. The van der Waals surface area contributed by atoms with Gasteiger partial charge in [-0.25, -0.2) is 0 Å². The zero-order chi connectivity index (χ0) is 10.1. The second-order valence-corrected chi connectivity index (χ2v) is 3.22. The fraction of sp³-hybridized carbons (Fsp3) is 0.636. The van der Waals surface area contributed by atoms with Gasteiger partial charge in [0.05, 0.1) is 6.07 Å². The third-order valence-electron chi connectivity index (χ3n) is 2.05. The highest BCUT2D eigenvalue weighted by Gasteiger charge is 2.11. The van der Waals surface area contributed by atoms with Gasteiger partial charge >= 0.3 is 0 Å². The number of allylic oxidation sites excluding steroid dienone is 1. The minimum absolute atomic E-state index is 0.00813. The Balaban J connectivity index is 3.46. The van der Waals surface area contributed by atoms with Crippen molar-refractivity contribution in [3.05, 3.63) is 12.7 Å². The van der Waals surface area contributed by atoms with E-state index in [0.717, 1.165) is 25.7 Å². The normalized spacial score (nSPS) is 11.7. The van der Waals surface area contributed by atoms with Crippen LogP contribution in [0.25, 0.3) is 0 Å². The topological polar surface area (TPSA) is 40.9 Å². The largest absolute Gasteiger partial charge is 0.299 e. The number of nitriles is 1. The van der Waals surface area contributed by atoms with Crippen molar-refractivity contribution in [2.45, 2.75) is 39.0 Å². The fourth-order valence-electron chi connectivity index (χ4n) is 1.17. The van der Waals surface area contributed by atoms with E-state index in [9.17, 15) is 4.79 Å². The summed E-state index contributed by atoms with van der Waals surface area (Å²) in [6, 6.07) is 2.02. The maximum Gasteiger partial charge on any atom is 0.146 e. The van der Waals surface area contributed by atoms with Crippen LogP contribution in [-0.4, -0.2) is 5.78 Å². The Labute approximate surface area is 80.3 Å². The summed E-state index contributed by atoms with van der Waals surface area (Å²) in [5.41, 5.74) is 0. The Morgan fingerprint density at radius 3 is 2.69 bits per heavy atom. The summed E-state index contributed by atoms with van der Waals surface area (Å²) in [4.78, 5) is 10.9. The van der Waals surface area contributed by atoms with Crippen LogP contribution in [0.3, 0.4) is 0 Å². The number of carbonyl (C=O) groups excluding carboxylic acids is 1. The second kappa shape index (κ2) is 7.54. The smallest absolute Gasteiger partial charge is 0.146 e. The van der Waals surface area contributed by atoms with Crippen molar-refractivity contribution in [2.24, 2.45) is 5.92 Å². The number of hydrogen-bond acceptors (Lipinski definition) is 2. The van der Waals surface area contributed by atoms with E-state index in [0.29, 0.717) is 6.42 Å². The summed E-state index contributed by atoms with van der Waals surface area (Å²) in [7, 11) is 0. The lowest BCUT2D eigenvalue weighted by Gasteiger charge is -2.03. The third-order valence-corrected chi connectivity index (χ3v) is 2.05. The lowest BCUT2D eigenvalue weighted by atomic mass is 9.99. The molecule has 2 nitrogen and oxygen atoms in total. The van der Waals surface area contributed by atoms with E-state index in [1.807, 2.05) is 12.1 Å². The van der Waals surface area contributed by atoms with Crippen molar-refractivity contribution >= 4 is 5.78 Å². The van der Waals surface area contributed by atoms with Crippen molar-refractivity contribution in [3.8, 4) is 6.07 Å². The van der Waals surface area contributed by atoms with Gasteiger partial charge in [0, 0.05) is 0 Å². The van der Waals surface area contributed by atoms with Crippen LogP contribution in [0.1, 0.15) is 39.0 Å². The zero-order valence-electron chi connectivity index (χ0n) is 8.25. The molecule has 0 bridgehead atoms. The van der Waals surface area contributed by atoms with Crippen molar-refractivity contribution < 1.29 is 4.79 Å². The number of unbranched alkanes of at least 4 members (excludes halogenated alkanes) is 3. The first-order valence-corrected chi connectivity index (χ1v) is 4.73. The van der Waals surface area contributed by atoms with Gasteiger partial charge in [0.15, 0.2) is 0 Å². The summed E-state index contributed by atoms with van der Waals surface area (Å²) in [5.74, 6) is -0.394. The molecule has 0 aliphatic heterocycles. The van der Waals surface area contributed by atoms with E-state index in [1.54, 1.807) is 0 Å². The van der Waals surface area contributed by atoms with Crippen LogP contribution < -0.4 is 0 Å². The molecule has 0 aliphatic rings. The summed E-state index contributed by atoms with van der Waals surface area (Å²) >= 11 is 0. The number of nitrogens with zero attached hydrogens (tertiary/aromatic N) is 1. The van der Waals surface area contributed by atoms with E-state index in [2.05, 4.69) is 6.58 Å². The van der Waals surface area contributed by atoms with Crippen molar-refractivity contribution in [1.29, 1.82) is 5.26 Å². The van der Waals surface area contributed by atoms with Crippen molar-refractivity contribution in [3.63, 3.8) is 0 Å². The monoisotopic (exact) mass is 179 g/mol. The summed E-state index contributed by atoms with van der Waals surface area (Å²) in [5, 5.41) is 8.61. The van der Waals surface area contributed by atoms with E-state index < -0.39 is 0 Å². The first kappa shape index (κ1) is 11.9. The maximum atomic E-state index is 10.9. The molecule has 0 aromatic heterocycles. The Morgan fingerprint density at radius 1 is 1.54 bits per heavy atom. The predicted octanol–water partition coefficient (Wildman–Crippen LogP) is 2.85. The highest BCUT2D eigenvalue weighted by atomic mass is 16.1. The lowest BCUT2D eigenvalue weighted by Crippen LogP contribution is -2.07. The quantitative estimate of drug-likeness (QED) is 0.445. The number of Topliss-reactive ketones (excluding diaryl/α,β-unsaturated/α-hetero) is 1. The minimum atomic E-state index is -0.385. The number of rotatable bonds is 7. The molecule has 0 radical (unpaired) electrons. The molecule has 1 unspecified atom stereocenters. The van der Waals surface area contributed by atoms with Gasteiger partial charge in [0.2, 0.25) is 0 Å². The Bertz CT molecular complexity index is 203. The highest BCUT2D eigenvalue weighted by Crippen LogP contribution is 2.11. The van der Waals surface area contributed by atoms with E-state index in [-0.39, 0.29) is 11.7 Å². The van der Waals surface area contributed by atoms with E-state index >= 15 is 0 Å². The molecule has 0 spiro atoms. The van der Waals surface area contributed by atoms with Crippen LogP contribution in [0.4, 0.5) is 0 Å². The molecule has 0 saturated carbocycles. The fourth-order valence-corrected chi connectivity index (χ4v) is 1.17. The van der Waals surface area contributed by atoms with Crippen LogP contribution >= 0.6 is 0 Å². The molecule has 0 amide bonds. The average Bonchev–Trinajstić information content (AvgIpc) is 2.10. The van der Waals surface area contributed by atoms with Crippen LogP contribution in [0.2, 0.25) is 0 Å². The average molecular weight is 179 g/mol. The molecule has 0 aromatic rings.